The van der Waals surface area contributed by atoms with E-state index >= 15 is 0 Å². The Hall–Kier alpha value is -1.63. The van der Waals surface area contributed by atoms with Gasteiger partial charge in [-0.3, -0.25) is 0 Å². The van der Waals surface area contributed by atoms with E-state index in [1.807, 2.05) is 17.4 Å². The molecule has 0 aliphatic carbocycles. The molecule has 0 aliphatic rings. The first-order chi connectivity index (χ1) is 10.2. The van der Waals surface area contributed by atoms with Gasteiger partial charge >= 0.3 is 0 Å². The van der Waals surface area contributed by atoms with Gasteiger partial charge in [-0.15, -0.1) is 22.7 Å². The lowest BCUT2D eigenvalue weighted by atomic mass is 10.2. The maximum atomic E-state index is 13.1. The molecule has 0 fully saturated rings. The molecule has 0 aliphatic heterocycles. The Morgan fingerprint density at radius 1 is 1.05 bits per heavy atom. The average molecular weight is 314 g/mol. The van der Waals surface area contributed by atoms with E-state index in [1.54, 1.807) is 17.4 Å². The number of hydrogen-bond donors (Lipinski definition) is 0. The molecule has 1 aromatic carbocycles. The first kappa shape index (κ1) is 14.3. The second-order valence-corrected chi connectivity index (χ2v) is 7.17. The molecule has 0 nitrogen and oxygen atoms in total. The molecule has 21 heavy (non-hydrogen) atoms. The fraction of sp³-hybridized carbons (Fsp3) is 0.222. The zero-order valence-electron chi connectivity index (χ0n) is 11.8. The SMILES string of the molecule is CCCCc1cc2sc(C#Cc3cccc(F)c3)cc2s1. The molecule has 0 saturated carbocycles. The van der Waals surface area contributed by atoms with E-state index in [1.165, 1.54) is 45.7 Å². The molecule has 0 atom stereocenters. The lowest BCUT2D eigenvalue weighted by Gasteiger charge is -1.91. The van der Waals surface area contributed by atoms with Gasteiger partial charge in [0, 0.05) is 19.8 Å². The topological polar surface area (TPSA) is 0 Å². The van der Waals surface area contributed by atoms with Crippen molar-refractivity contribution in [1.82, 2.24) is 0 Å². The summed E-state index contributed by atoms with van der Waals surface area (Å²) in [7, 11) is 0. The average Bonchev–Trinajstić information content (AvgIpc) is 3.01. The summed E-state index contributed by atoms with van der Waals surface area (Å²) >= 11 is 3.58. The maximum absolute atomic E-state index is 13.1. The molecule has 0 saturated heterocycles. The molecule has 2 heterocycles. The van der Waals surface area contributed by atoms with E-state index in [0.717, 1.165) is 10.4 Å². The number of rotatable bonds is 3. The second kappa shape index (κ2) is 6.43. The lowest BCUT2D eigenvalue weighted by Crippen LogP contribution is -1.77. The Balaban J connectivity index is 1.81. The van der Waals surface area contributed by atoms with E-state index in [9.17, 15) is 4.39 Å². The standard InChI is InChI=1S/C18H15FS2/c1-2-3-7-15-11-17-18(20-15)12-16(21-17)9-8-13-5-4-6-14(19)10-13/h4-6,10-12H,2-3,7H2,1H3. The summed E-state index contributed by atoms with van der Waals surface area (Å²) in [6.45, 7) is 2.22. The van der Waals surface area contributed by atoms with Crippen LogP contribution in [0.15, 0.2) is 36.4 Å². The van der Waals surface area contributed by atoms with Crippen LogP contribution in [0.2, 0.25) is 0 Å². The number of thiophene rings is 2. The van der Waals surface area contributed by atoms with Crippen molar-refractivity contribution in [2.75, 3.05) is 0 Å². The maximum Gasteiger partial charge on any atom is 0.124 e. The Morgan fingerprint density at radius 3 is 2.67 bits per heavy atom. The second-order valence-electron chi connectivity index (χ2n) is 4.92. The van der Waals surface area contributed by atoms with E-state index in [4.69, 9.17) is 0 Å². The highest BCUT2D eigenvalue weighted by Crippen LogP contribution is 2.33. The third kappa shape index (κ3) is 3.53. The van der Waals surface area contributed by atoms with E-state index in [0.29, 0.717) is 0 Å². The largest absolute Gasteiger partial charge is 0.207 e. The minimum atomic E-state index is -0.241. The van der Waals surface area contributed by atoms with Crippen LogP contribution in [0.5, 0.6) is 0 Å². The molecule has 106 valence electrons. The third-order valence-corrected chi connectivity index (χ3v) is 5.46. The van der Waals surface area contributed by atoms with Gasteiger partial charge in [0.2, 0.25) is 0 Å². The van der Waals surface area contributed by atoms with Gasteiger partial charge in [0.15, 0.2) is 0 Å². The Bertz CT molecular complexity index is 783. The van der Waals surface area contributed by atoms with Crippen molar-refractivity contribution in [3.05, 3.63) is 57.5 Å². The van der Waals surface area contributed by atoms with Gasteiger partial charge in [-0.05, 0) is 43.2 Å². The van der Waals surface area contributed by atoms with Crippen LogP contribution in [0, 0.1) is 17.7 Å². The Kier molecular flexibility index (Phi) is 4.38. The molecule has 3 rings (SSSR count). The highest BCUT2D eigenvalue weighted by atomic mass is 32.1. The van der Waals surface area contributed by atoms with Crippen molar-refractivity contribution in [1.29, 1.82) is 0 Å². The molecular weight excluding hydrogens is 299 g/mol. The number of halogens is 1. The van der Waals surface area contributed by atoms with Crippen molar-refractivity contribution in [3.8, 4) is 11.8 Å². The molecule has 0 radical (unpaired) electrons. The monoisotopic (exact) mass is 314 g/mol. The molecule has 0 bridgehead atoms. The molecular formula is C18H15FS2. The van der Waals surface area contributed by atoms with Crippen molar-refractivity contribution in [3.63, 3.8) is 0 Å². The van der Waals surface area contributed by atoms with Crippen LogP contribution >= 0.6 is 22.7 Å². The lowest BCUT2D eigenvalue weighted by molar-refractivity contribution is 0.627. The van der Waals surface area contributed by atoms with Gasteiger partial charge in [-0.1, -0.05) is 31.3 Å². The van der Waals surface area contributed by atoms with Crippen LogP contribution in [0.1, 0.15) is 35.1 Å². The minimum absolute atomic E-state index is 0.241. The molecule has 0 unspecified atom stereocenters. The highest BCUT2D eigenvalue weighted by Gasteiger charge is 2.05. The number of unbranched alkanes of at least 4 members (excludes halogenated alkanes) is 1. The van der Waals surface area contributed by atoms with Crippen molar-refractivity contribution in [2.45, 2.75) is 26.2 Å². The molecule has 0 spiro atoms. The number of fused-ring (bicyclic) bond motifs is 1. The summed E-state index contributed by atoms with van der Waals surface area (Å²) in [5.74, 6) is 5.92. The first-order valence-electron chi connectivity index (χ1n) is 7.04. The number of aryl methyl sites for hydroxylation is 1. The number of benzene rings is 1. The molecule has 0 amide bonds. The molecule has 3 aromatic rings. The molecule has 3 heteroatoms. The first-order valence-corrected chi connectivity index (χ1v) is 8.68. The predicted octanol–water partition coefficient (Wildman–Crippen LogP) is 5.84. The van der Waals surface area contributed by atoms with Crippen molar-refractivity contribution in [2.24, 2.45) is 0 Å². The van der Waals surface area contributed by atoms with E-state index < -0.39 is 0 Å². The van der Waals surface area contributed by atoms with Gasteiger partial charge in [0.25, 0.3) is 0 Å². The van der Waals surface area contributed by atoms with Crippen LogP contribution in [-0.2, 0) is 6.42 Å². The van der Waals surface area contributed by atoms with Crippen LogP contribution < -0.4 is 0 Å². The van der Waals surface area contributed by atoms with Gasteiger partial charge in [-0.25, -0.2) is 4.39 Å². The van der Waals surface area contributed by atoms with Crippen LogP contribution in [-0.4, -0.2) is 0 Å². The highest BCUT2D eigenvalue weighted by molar-refractivity contribution is 7.28. The van der Waals surface area contributed by atoms with Crippen LogP contribution in [0.25, 0.3) is 9.40 Å². The smallest absolute Gasteiger partial charge is 0.124 e. The zero-order valence-corrected chi connectivity index (χ0v) is 13.4. The molecule has 0 N–H and O–H groups in total. The Morgan fingerprint density at radius 2 is 1.90 bits per heavy atom. The molecule has 2 aromatic heterocycles. The van der Waals surface area contributed by atoms with E-state index in [-0.39, 0.29) is 5.82 Å². The summed E-state index contributed by atoms with van der Waals surface area (Å²) in [6, 6.07) is 10.8. The summed E-state index contributed by atoms with van der Waals surface area (Å²) in [5, 5.41) is 0. The normalized spacial score (nSPS) is 10.6. The Labute approximate surface area is 132 Å². The van der Waals surface area contributed by atoms with Crippen molar-refractivity contribution >= 4 is 32.1 Å². The van der Waals surface area contributed by atoms with E-state index in [2.05, 4.69) is 30.9 Å². The van der Waals surface area contributed by atoms with Gasteiger partial charge in [-0.2, -0.15) is 0 Å². The van der Waals surface area contributed by atoms with Gasteiger partial charge in [0.1, 0.15) is 5.82 Å². The van der Waals surface area contributed by atoms with Gasteiger partial charge in [0.05, 0.1) is 4.88 Å². The minimum Gasteiger partial charge on any atom is -0.207 e. The van der Waals surface area contributed by atoms with Crippen LogP contribution in [0.3, 0.4) is 0 Å². The van der Waals surface area contributed by atoms with Gasteiger partial charge < -0.3 is 0 Å². The zero-order chi connectivity index (χ0) is 14.7. The van der Waals surface area contributed by atoms with Crippen molar-refractivity contribution < 1.29 is 4.39 Å². The quantitative estimate of drug-likeness (QED) is 0.532. The fourth-order valence-corrected chi connectivity index (χ4v) is 4.44. The fourth-order valence-electron chi connectivity index (χ4n) is 2.12. The van der Waals surface area contributed by atoms with Crippen LogP contribution in [0.4, 0.5) is 4.39 Å². The summed E-state index contributed by atoms with van der Waals surface area (Å²) in [5.41, 5.74) is 0.718. The number of hydrogen-bond acceptors (Lipinski definition) is 2. The predicted molar refractivity (Wildman–Crippen MR) is 90.7 cm³/mol. The summed E-state index contributed by atoms with van der Waals surface area (Å²) < 4.78 is 15.7. The summed E-state index contributed by atoms with van der Waals surface area (Å²) in [4.78, 5) is 2.50. The summed E-state index contributed by atoms with van der Waals surface area (Å²) in [6.07, 6.45) is 3.66. The third-order valence-electron chi connectivity index (χ3n) is 3.19.